The lowest BCUT2D eigenvalue weighted by atomic mass is 10.0. The summed E-state index contributed by atoms with van der Waals surface area (Å²) in [5.74, 6) is 0.983. The summed E-state index contributed by atoms with van der Waals surface area (Å²) < 4.78 is 16.0. The van der Waals surface area contributed by atoms with Crippen LogP contribution in [0.4, 0.5) is 0 Å². The highest BCUT2D eigenvalue weighted by atomic mass is 16.6. The first-order chi connectivity index (χ1) is 11.1. The number of fused-ring (bicyclic) bond motifs is 1. The maximum atomic E-state index is 12.1. The average molecular weight is 319 g/mol. The Hall–Kier alpha value is -2.24. The molecule has 6 heteroatoms. The second-order valence-corrected chi connectivity index (χ2v) is 6.02. The number of amides is 1. The van der Waals surface area contributed by atoms with Crippen molar-refractivity contribution in [3.8, 4) is 11.5 Å². The molecule has 0 radical (unpaired) electrons. The summed E-state index contributed by atoms with van der Waals surface area (Å²) >= 11 is 0. The Balaban J connectivity index is 1.55. The summed E-state index contributed by atoms with van der Waals surface area (Å²) in [5, 5.41) is 0. The van der Waals surface area contributed by atoms with E-state index in [1.807, 2.05) is 0 Å². The number of nitrogens with zero attached hydrogens (tertiary/aromatic N) is 1. The molecule has 1 atom stereocenters. The molecular weight excluding hydrogens is 298 g/mol. The molecule has 2 aliphatic heterocycles. The second kappa shape index (κ2) is 6.89. The fourth-order valence-electron chi connectivity index (χ4n) is 2.89. The molecular formula is C17H21NO5. The van der Waals surface area contributed by atoms with Gasteiger partial charge in [-0.25, -0.2) is 4.79 Å². The zero-order valence-electron chi connectivity index (χ0n) is 13.2. The van der Waals surface area contributed by atoms with Gasteiger partial charge in [-0.15, -0.1) is 0 Å². The van der Waals surface area contributed by atoms with Crippen LogP contribution in [0.5, 0.6) is 11.5 Å². The Labute approximate surface area is 135 Å². The van der Waals surface area contributed by atoms with Crippen molar-refractivity contribution in [2.24, 2.45) is 5.92 Å². The van der Waals surface area contributed by atoms with Gasteiger partial charge in [0, 0.05) is 13.1 Å². The predicted molar refractivity (Wildman–Crippen MR) is 82.7 cm³/mol. The summed E-state index contributed by atoms with van der Waals surface area (Å²) in [6, 6.07) is 4.88. The number of benzene rings is 1. The van der Waals surface area contributed by atoms with Crippen LogP contribution in [-0.4, -0.2) is 49.7 Å². The van der Waals surface area contributed by atoms with Crippen molar-refractivity contribution in [2.75, 3.05) is 32.9 Å². The van der Waals surface area contributed by atoms with E-state index in [1.54, 1.807) is 23.1 Å². The smallest absolute Gasteiger partial charge is 0.338 e. The van der Waals surface area contributed by atoms with Gasteiger partial charge in [0.15, 0.2) is 18.1 Å². The van der Waals surface area contributed by atoms with Crippen LogP contribution in [0, 0.1) is 5.92 Å². The Bertz CT molecular complexity index is 601. The first kappa shape index (κ1) is 15.6. The molecule has 0 spiro atoms. The Morgan fingerprint density at radius 1 is 1.26 bits per heavy atom. The van der Waals surface area contributed by atoms with Crippen molar-refractivity contribution >= 4 is 11.9 Å². The van der Waals surface area contributed by atoms with E-state index in [9.17, 15) is 9.59 Å². The van der Waals surface area contributed by atoms with Crippen molar-refractivity contribution in [3.63, 3.8) is 0 Å². The molecule has 23 heavy (non-hydrogen) atoms. The van der Waals surface area contributed by atoms with Crippen LogP contribution in [0.25, 0.3) is 0 Å². The normalized spacial score (nSPS) is 20.0. The van der Waals surface area contributed by atoms with E-state index >= 15 is 0 Å². The zero-order valence-corrected chi connectivity index (χ0v) is 13.2. The van der Waals surface area contributed by atoms with Crippen LogP contribution in [0.3, 0.4) is 0 Å². The number of esters is 1. The van der Waals surface area contributed by atoms with Gasteiger partial charge >= 0.3 is 5.97 Å². The van der Waals surface area contributed by atoms with E-state index in [0.717, 1.165) is 25.9 Å². The molecule has 1 fully saturated rings. The average Bonchev–Trinajstić information content (AvgIpc) is 2.59. The molecule has 6 nitrogen and oxygen atoms in total. The molecule has 1 unspecified atom stereocenters. The molecule has 2 aliphatic rings. The first-order valence-corrected chi connectivity index (χ1v) is 7.98. The third-order valence-corrected chi connectivity index (χ3v) is 4.11. The zero-order chi connectivity index (χ0) is 16.2. The van der Waals surface area contributed by atoms with Crippen molar-refractivity contribution < 1.29 is 23.8 Å². The maximum absolute atomic E-state index is 12.1. The van der Waals surface area contributed by atoms with Crippen molar-refractivity contribution in [1.29, 1.82) is 0 Å². The largest absolute Gasteiger partial charge is 0.486 e. The van der Waals surface area contributed by atoms with Crippen LogP contribution < -0.4 is 9.47 Å². The monoisotopic (exact) mass is 319 g/mol. The number of likely N-dealkylation sites (tertiary alicyclic amines) is 1. The number of hydrogen-bond donors (Lipinski definition) is 0. The van der Waals surface area contributed by atoms with E-state index in [-0.39, 0.29) is 12.5 Å². The van der Waals surface area contributed by atoms with Gasteiger partial charge in [0.05, 0.1) is 5.56 Å². The highest BCUT2D eigenvalue weighted by Gasteiger charge is 2.22. The molecule has 1 saturated heterocycles. The lowest BCUT2D eigenvalue weighted by Crippen LogP contribution is -2.41. The van der Waals surface area contributed by atoms with Gasteiger partial charge in [-0.05, 0) is 37.0 Å². The minimum absolute atomic E-state index is 0.137. The number of hydrogen-bond acceptors (Lipinski definition) is 5. The van der Waals surface area contributed by atoms with Gasteiger partial charge in [0.1, 0.15) is 13.2 Å². The highest BCUT2D eigenvalue weighted by molar-refractivity contribution is 5.92. The minimum Gasteiger partial charge on any atom is -0.486 e. The van der Waals surface area contributed by atoms with Gasteiger partial charge in [-0.1, -0.05) is 6.92 Å². The van der Waals surface area contributed by atoms with Gasteiger partial charge in [-0.2, -0.15) is 0 Å². The molecule has 1 aromatic rings. The second-order valence-electron chi connectivity index (χ2n) is 6.02. The summed E-state index contributed by atoms with van der Waals surface area (Å²) in [6.45, 7) is 4.34. The first-order valence-electron chi connectivity index (χ1n) is 7.98. The topological polar surface area (TPSA) is 65.1 Å². The maximum Gasteiger partial charge on any atom is 0.338 e. The van der Waals surface area contributed by atoms with Crippen LogP contribution in [0.1, 0.15) is 30.1 Å². The predicted octanol–water partition coefficient (Wildman–Crippen LogP) is 1.87. The molecule has 0 bridgehead atoms. The molecule has 1 aromatic carbocycles. The molecule has 0 aromatic heterocycles. The van der Waals surface area contributed by atoms with Gasteiger partial charge in [0.25, 0.3) is 5.91 Å². The van der Waals surface area contributed by atoms with E-state index in [2.05, 4.69) is 6.92 Å². The van der Waals surface area contributed by atoms with Crippen LogP contribution in [0.15, 0.2) is 18.2 Å². The van der Waals surface area contributed by atoms with E-state index in [0.29, 0.717) is 36.2 Å². The number of rotatable bonds is 3. The van der Waals surface area contributed by atoms with Crippen LogP contribution in [-0.2, 0) is 9.53 Å². The summed E-state index contributed by atoms with van der Waals surface area (Å²) in [4.78, 5) is 26.0. The Kier molecular flexibility index (Phi) is 4.69. The fourth-order valence-corrected chi connectivity index (χ4v) is 2.89. The summed E-state index contributed by atoms with van der Waals surface area (Å²) in [6.07, 6.45) is 2.14. The Morgan fingerprint density at radius 2 is 2.04 bits per heavy atom. The SMILES string of the molecule is CC1CCCN(C(=O)COC(=O)c2ccc3c(c2)OCCO3)C1. The number of carbonyl (C=O) groups excluding carboxylic acids is 2. The quantitative estimate of drug-likeness (QED) is 0.796. The van der Waals surface area contributed by atoms with Crippen molar-refractivity contribution in [1.82, 2.24) is 4.90 Å². The number of carbonyl (C=O) groups is 2. The van der Waals surface area contributed by atoms with Gasteiger partial charge in [-0.3, -0.25) is 4.79 Å². The van der Waals surface area contributed by atoms with Gasteiger partial charge in [0.2, 0.25) is 0 Å². The molecule has 3 rings (SSSR count). The van der Waals surface area contributed by atoms with E-state index < -0.39 is 5.97 Å². The third-order valence-electron chi connectivity index (χ3n) is 4.11. The highest BCUT2D eigenvalue weighted by Crippen LogP contribution is 2.30. The van der Waals surface area contributed by atoms with Crippen LogP contribution in [0.2, 0.25) is 0 Å². The molecule has 0 N–H and O–H groups in total. The lowest BCUT2D eigenvalue weighted by Gasteiger charge is -2.30. The fraction of sp³-hybridized carbons (Fsp3) is 0.529. The Morgan fingerprint density at radius 3 is 2.83 bits per heavy atom. The molecule has 1 amide bonds. The van der Waals surface area contributed by atoms with Crippen molar-refractivity contribution in [2.45, 2.75) is 19.8 Å². The number of ether oxygens (including phenoxy) is 3. The summed E-state index contributed by atoms with van der Waals surface area (Å²) in [5.41, 5.74) is 0.356. The van der Waals surface area contributed by atoms with E-state index in [4.69, 9.17) is 14.2 Å². The molecule has 0 saturated carbocycles. The third kappa shape index (κ3) is 3.75. The number of piperidine rings is 1. The molecule has 2 heterocycles. The van der Waals surface area contributed by atoms with E-state index in [1.165, 1.54) is 0 Å². The van der Waals surface area contributed by atoms with Gasteiger partial charge < -0.3 is 19.1 Å². The molecule has 124 valence electrons. The van der Waals surface area contributed by atoms with Crippen LogP contribution >= 0.6 is 0 Å². The lowest BCUT2D eigenvalue weighted by molar-refractivity contribution is -0.136. The minimum atomic E-state index is -0.527. The summed E-state index contributed by atoms with van der Waals surface area (Å²) in [7, 11) is 0. The van der Waals surface area contributed by atoms with Crippen molar-refractivity contribution in [3.05, 3.63) is 23.8 Å². The standard InChI is InChI=1S/C17H21NO5/c1-12-3-2-6-18(10-12)16(19)11-23-17(20)13-4-5-14-15(9-13)22-8-7-21-14/h4-5,9,12H,2-3,6-8,10-11H2,1H3. The molecule has 0 aliphatic carbocycles.